The van der Waals surface area contributed by atoms with Crippen molar-refractivity contribution in [1.82, 2.24) is 0 Å². The van der Waals surface area contributed by atoms with Crippen LogP contribution in [0.1, 0.15) is 20.8 Å². The zero-order chi connectivity index (χ0) is 11.9. The molecule has 0 aliphatic heterocycles. The van der Waals surface area contributed by atoms with Gasteiger partial charge in [-0.1, -0.05) is 0 Å². The maximum atomic E-state index is 10.9. The molecule has 7 nitrogen and oxygen atoms in total. The average Bonchev–Trinajstić information content (AvgIpc) is 2.11. The SMILES string of the molecule is CC(C)(C)OOC(=O)C=CC(=O)OOO. The van der Waals surface area contributed by atoms with Crippen LogP contribution in [0, 0.1) is 0 Å². The van der Waals surface area contributed by atoms with Gasteiger partial charge in [0.2, 0.25) is 0 Å². The van der Waals surface area contributed by atoms with E-state index in [4.69, 9.17) is 5.26 Å². The van der Waals surface area contributed by atoms with Gasteiger partial charge in [-0.2, -0.15) is 4.89 Å². The van der Waals surface area contributed by atoms with E-state index < -0.39 is 17.5 Å². The Hall–Kier alpha value is -1.44. The fourth-order valence-corrected chi connectivity index (χ4v) is 0.394. The maximum absolute atomic E-state index is 10.9. The molecule has 0 saturated carbocycles. The summed E-state index contributed by atoms with van der Waals surface area (Å²) in [6.07, 6.45) is 1.46. The number of rotatable bonds is 4. The topological polar surface area (TPSA) is 91.3 Å². The van der Waals surface area contributed by atoms with Crippen LogP contribution < -0.4 is 0 Å². The predicted octanol–water partition coefficient (Wildman–Crippen LogP) is 0.764. The Bertz CT molecular complexity index is 250. The molecule has 0 heterocycles. The van der Waals surface area contributed by atoms with Crippen LogP contribution in [0.15, 0.2) is 12.2 Å². The Morgan fingerprint density at radius 2 is 1.53 bits per heavy atom. The van der Waals surface area contributed by atoms with Gasteiger partial charge in [0.05, 0.1) is 0 Å². The smallest absolute Gasteiger partial charge is 0.293 e. The van der Waals surface area contributed by atoms with Crippen molar-refractivity contribution in [3.63, 3.8) is 0 Å². The van der Waals surface area contributed by atoms with Crippen LogP contribution in [0.3, 0.4) is 0 Å². The highest BCUT2D eigenvalue weighted by atomic mass is 17.5. The van der Waals surface area contributed by atoms with Crippen LogP contribution in [0.25, 0.3) is 0 Å². The average molecular weight is 220 g/mol. The summed E-state index contributed by atoms with van der Waals surface area (Å²) < 4.78 is 0. The van der Waals surface area contributed by atoms with Crippen molar-refractivity contribution in [2.24, 2.45) is 0 Å². The van der Waals surface area contributed by atoms with E-state index in [1.165, 1.54) is 0 Å². The molecule has 0 spiro atoms. The highest BCUT2D eigenvalue weighted by molar-refractivity contribution is 5.91. The summed E-state index contributed by atoms with van der Waals surface area (Å²) in [6, 6.07) is 0. The molecule has 0 aliphatic rings. The molecule has 0 bridgehead atoms. The van der Waals surface area contributed by atoms with E-state index in [2.05, 4.69) is 19.7 Å². The third-order valence-electron chi connectivity index (χ3n) is 0.849. The van der Waals surface area contributed by atoms with E-state index in [1.807, 2.05) is 0 Å². The van der Waals surface area contributed by atoms with Gasteiger partial charge < -0.3 is 0 Å². The fourth-order valence-electron chi connectivity index (χ4n) is 0.394. The molecule has 86 valence electrons. The van der Waals surface area contributed by atoms with Gasteiger partial charge in [-0.05, 0) is 25.8 Å². The Kier molecular flexibility index (Phi) is 5.53. The lowest BCUT2D eigenvalue weighted by molar-refractivity contribution is -0.460. The normalized spacial score (nSPS) is 11.5. The standard InChI is InChI=1S/C8H12O7/c1-8(2,3)14-12-6(9)4-5-7(10)13-15-11/h4-5,11H,1-3H3. The summed E-state index contributed by atoms with van der Waals surface area (Å²) >= 11 is 0. The molecule has 15 heavy (non-hydrogen) atoms. The van der Waals surface area contributed by atoms with E-state index in [0.717, 1.165) is 6.08 Å². The lowest BCUT2D eigenvalue weighted by atomic mass is 10.2. The molecule has 0 aromatic rings. The monoisotopic (exact) mass is 220 g/mol. The number of carbonyl (C=O) groups excluding carboxylic acids is 2. The zero-order valence-corrected chi connectivity index (χ0v) is 8.55. The Balaban J connectivity index is 3.89. The minimum Gasteiger partial charge on any atom is -0.293 e. The molecule has 1 N–H and O–H groups in total. The molecular formula is C8H12O7. The largest absolute Gasteiger partial charge is 0.369 e. The molecule has 0 saturated heterocycles. The predicted molar refractivity (Wildman–Crippen MR) is 45.9 cm³/mol. The van der Waals surface area contributed by atoms with Crippen molar-refractivity contribution in [2.45, 2.75) is 26.4 Å². The summed E-state index contributed by atoms with van der Waals surface area (Å²) in [7, 11) is 0. The lowest BCUT2D eigenvalue weighted by Gasteiger charge is -2.15. The van der Waals surface area contributed by atoms with E-state index in [9.17, 15) is 9.59 Å². The maximum Gasteiger partial charge on any atom is 0.369 e. The molecule has 0 aromatic carbocycles. The number of hydrogen-bond acceptors (Lipinski definition) is 7. The van der Waals surface area contributed by atoms with Crippen LogP contribution in [0.5, 0.6) is 0 Å². The first kappa shape index (κ1) is 13.6. The highest BCUT2D eigenvalue weighted by Gasteiger charge is 2.14. The van der Waals surface area contributed by atoms with Crippen LogP contribution >= 0.6 is 0 Å². The van der Waals surface area contributed by atoms with Crippen LogP contribution in [-0.2, 0) is 29.3 Å². The van der Waals surface area contributed by atoms with E-state index in [1.54, 1.807) is 20.8 Å². The highest BCUT2D eigenvalue weighted by Crippen LogP contribution is 2.07. The Morgan fingerprint density at radius 3 is 1.93 bits per heavy atom. The summed E-state index contributed by atoms with van der Waals surface area (Å²) in [6.45, 7) is 5.04. The lowest BCUT2D eigenvalue weighted by Crippen LogP contribution is -2.21. The van der Waals surface area contributed by atoms with Crippen LogP contribution in [0.2, 0.25) is 0 Å². The van der Waals surface area contributed by atoms with Gasteiger partial charge in [-0.25, -0.2) is 14.8 Å². The third-order valence-corrected chi connectivity index (χ3v) is 0.849. The molecule has 0 fully saturated rings. The minimum atomic E-state index is -1.06. The molecule has 0 atom stereocenters. The molecule has 0 amide bonds. The number of hydrogen-bond donors (Lipinski definition) is 1. The molecule has 0 aliphatic carbocycles. The van der Waals surface area contributed by atoms with Crippen molar-refractivity contribution >= 4 is 11.9 Å². The van der Waals surface area contributed by atoms with Gasteiger partial charge in [-0.15, -0.1) is 0 Å². The van der Waals surface area contributed by atoms with Gasteiger partial charge >= 0.3 is 11.9 Å². The van der Waals surface area contributed by atoms with Gasteiger partial charge in [0, 0.05) is 12.2 Å². The first-order valence-corrected chi connectivity index (χ1v) is 3.95. The fraction of sp³-hybridized carbons (Fsp3) is 0.500. The molecule has 0 unspecified atom stereocenters. The second kappa shape index (κ2) is 6.12. The van der Waals surface area contributed by atoms with Crippen molar-refractivity contribution < 1.29 is 34.5 Å². The second-order valence-electron chi connectivity index (χ2n) is 3.41. The first-order chi connectivity index (χ1) is 6.85. The molecular weight excluding hydrogens is 208 g/mol. The number of carbonyl (C=O) groups is 2. The summed E-state index contributed by atoms with van der Waals surface area (Å²) in [5.41, 5.74) is -0.641. The molecule has 0 rings (SSSR count). The van der Waals surface area contributed by atoms with Gasteiger partial charge in [0.25, 0.3) is 0 Å². The van der Waals surface area contributed by atoms with Gasteiger partial charge in [-0.3, -0.25) is 9.78 Å². The first-order valence-electron chi connectivity index (χ1n) is 3.95. The van der Waals surface area contributed by atoms with E-state index >= 15 is 0 Å². The zero-order valence-electron chi connectivity index (χ0n) is 8.55. The third kappa shape index (κ3) is 8.88. The summed E-state index contributed by atoms with van der Waals surface area (Å²) in [4.78, 5) is 33.9. The summed E-state index contributed by atoms with van der Waals surface area (Å²) in [5, 5.41) is 10.8. The molecule has 0 aromatic heterocycles. The molecule has 0 radical (unpaired) electrons. The van der Waals surface area contributed by atoms with Crippen LogP contribution in [0.4, 0.5) is 0 Å². The van der Waals surface area contributed by atoms with Gasteiger partial charge in [0.15, 0.2) is 0 Å². The Labute approximate surface area is 86.0 Å². The minimum absolute atomic E-state index is 0.641. The van der Waals surface area contributed by atoms with Gasteiger partial charge in [0.1, 0.15) is 5.60 Å². The Morgan fingerprint density at radius 1 is 1.07 bits per heavy atom. The van der Waals surface area contributed by atoms with Crippen molar-refractivity contribution in [1.29, 1.82) is 0 Å². The van der Waals surface area contributed by atoms with E-state index in [0.29, 0.717) is 6.08 Å². The van der Waals surface area contributed by atoms with Crippen molar-refractivity contribution in [3.8, 4) is 0 Å². The van der Waals surface area contributed by atoms with Crippen molar-refractivity contribution in [2.75, 3.05) is 0 Å². The molecule has 7 heteroatoms. The van der Waals surface area contributed by atoms with E-state index in [-0.39, 0.29) is 0 Å². The van der Waals surface area contributed by atoms with Crippen molar-refractivity contribution in [3.05, 3.63) is 12.2 Å². The second-order valence-corrected chi connectivity index (χ2v) is 3.41. The van der Waals surface area contributed by atoms with Crippen LogP contribution in [-0.4, -0.2) is 22.8 Å². The quantitative estimate of drug-likeness (QED) is 0.425. The summed E-state index contributed by atoms with van der Waals surface area (Å²) in [5.74, 6) is -1.95.